The van der Waals surface area contributed by atoms with Gasteiger partial charge in [0, 0.05) is 19.3 Å². The molecular weight excluding hydrogens is 232 g/mol. The van der Waals surface area contributed by atoms with E-state index < -0.39 is 0 Å². The van der Waals surface area contributed by atoms with Crippen LogP contribution in [0, 0.1) is 0 Å². The molecule has 19 heavy (non-hydrogen) atoms. The topological polar surface area (TPSA) is 6.48 Å². The van der Waals surface area contributed by atoms with Gasteiger partial charge in [-0.2, -0.15) is 0 Å². The maximum atomic E-state index is 2.64. The summed E-state index contributed by atoms with van der Waals surface area (Å²) in [4.78, 5) is 5.01. The molecule has 1 aliphatic rings. The quantitative estimate of drug-likeness (QED) is 0.688. The molecule has 0 radical (unpaired) electrons. The average Bonchev–Trinajstić information content (AvgIpc) is 2.49. The summed E-state index contributed by atoms with van der Waals surface area (Å²) in [5.41, 5.74) is 1.33. The van der Waals surface area contributed by atoms with E-state index in [1.165, 1.54) is 70.4 Å². The van der Waals surface area contributed by atoms with E-state index in [4.69, 9.17) is 0 Å². The Morgan fingerprint density at radius 3 is 2.42 bits per heavy atom. The minimum absolute atomic E-state index is 1.17. The molecule has 0 aliphatic carbocycles. The van der Waals surface area contributed by atoms with Crippen molar-refractivity contribution in [3.63, 3.8) is 0 Å². The summed E-state index contributed by atoms with van der Waals surface area (Å²) in [7, 11) is 2.19. The molecule has 1 aromatic carbocycles. The molecular formula is C17H28N2. The van der Waals surface area contributed by atoms with Crippen LogP contribution in [0.1, 0.15) is 38.5 Å². The minimum atomic E-state index is 1.17. The fourth-order valence-electron chi connectivity index (χ4n) is 2.86. The van der Waals surface area contributed by atoms with Crippen LogP contribution in [0.3, 0.4) is 0 Å². The maximum absolute atomic E-state index is 2.64. The Balaban J connectivity index is 1.54. The van der Waals surface area contributed by atoms with E-state index >= 15 is 0 Å². The Hall–Kier alpha value is -1.02. The zero-order valence-electron chi connectivity index (χ0n) is 12.4. The third-order valence-corrected chi connectivity index (χ3v) is 4.11. The molecule has 2 rings (SSSR count). The largest absolute Gasteiger partial charge is 0.375 e. The van der Waals surface area contributed by atoms with Crippen molar-refractivity contribution in [1.82, 2.24) is 4.90 Å². The van der Waals surface area contributed by atoms with Crippen LogP contribution < -0.4 is 4.90 Å². The summed E-state index contributed by atoms with van der Waals surface area (Å²) >= 11 is 0. The van der Waals surface area contributed by atoms with Crippen molar-refractivity contribution < 1.29 is 0 Å². The van der Waals surface area contributed by atoms with E-state index in [1.807, 2.05) is 0 Å². The van der Waals surface area contributed by atoms with Gasteiger partial charge < -0.3 is 9.80 Å². The first-order chi connectivity index (χ1) is 9.36. The van der Waals surface area contributed by atoms with E-state index in [-0.39, 0.29) is 0 Å². The van der Waals surface area contributed by atoms with Crippen LogP contribution in [-0.2, 0) is 0 Å². The Kier molecular flexibility index (Phi) is 6.22. The van der Waals surface area contributed by atoms with Gasteiger partial charge in [0.25, 0.3) is 0 Å². The number of unbranched alkanes of at least 4 members (excludes halogenated alkanes) is 2. The molecule has 0 aromatic heterocycles. The van der Waals surface area contributed by atoms with Gasteiger partial charge >= 0.3 is 0 Å². The van der Waals surface area contributed by atoms with Crippen molar-refractivity contribution in [3.8, 4) is 0 Å². The molecule has 0 N–H and O–H groups in total. The number of benzene rings is 1. The number of rotatable bonds is 7. The Labute approximate surface area is 118 Å². The van der Waals surface area contributed by atoms with Crippen molar-refractivity contribution in [2.24, 2.45) is 0 Å². The molecule has 0 atom stereocenters. The summed E-state index contributed by atoms with van der Waals surface area (Å²) in [6, 6.07) is 10.7. The first-order valence-electron chi connectivity index (χ1n) is 7.85. The monoisotopic (exact) mass is 260 g/mol. The first kappa shape index (κ1) is 14.4. The normalized spacial score (nSPS) is 16.5. The van der Waals surface area contributed by atoms with Crippen molar-refractivity contribution in [2.75, 3.05) is 38.1 Å². The molecule has 1 fully saturated rings. The molecule has 0 saturated carbocycles. The van der Waals surface area contributed by atoms with E-state index in [1.54, 1.807) is 0 Å². The zero-order valence-corrected chi connectivity index (χ0v) is 12.4. The second kappa shape index (κ2) is 8.21. The SMILES string of the molecule is CN(CCCCCN1CCCCC1)c1ccccc1. The Morgan fingerprint density at radius 1 is 0.947 bits per heavy atom. The second-order valence-corrected chi connectivity index (χ2v) is 5.72. The predicted molar refractivity (Wildman–Crippen MR) is 83.9 cm³/mol. The van der Waals surface area contributed by atoms with Crippen LogP contribution in [-0.4, -0.2) is 38.1 Å². The van der Waals surface area contributed by atoms with Crippen LogP contribution in [0.25, 0.3) is 0 Å². The predicted octanol–water partition coefficient (Wildman–Crippen LogP) is 3.78. The van der Waals surface area contributed by atoms with Crippen LogP contribution in [0.15, 0.2) is 30.3 Å². The van der Waals surface area contributed by atoms with Crippen LogP contribution in [0.5, 0.6) is 0 Å². The van der Waals surface area contributed by atoms with E-state index in [0.29, 0.717) is 0 Å². The lowest BCUT2D eigenvalue weighted by molar-refractivity contribution is 0.224. The van der Waals surface area contributed by atoms with Crippen LogP contribution in [0.2, 0.25) is 0 Å². The van der Waals surface area contributed by atoms with Gasteiger partial charge in [-0.3, -0.25) is 0 Å². The van der Waals surface area contributed by atoms with E-state index in [0.717, 1.165) is 0 Å². The molecule has 0 spiro atoms. The summed E-state index contributed by atoms with van der Waals surface area (Å²) < 4.78 is 0. The summed E-state index contributed by atoms with van der Waals surface area (Å²) in [6.45, 7) is 5.16. The number of hydrogen-bond donors (Lipinski definition) is 0. The number of hydrogen-bond acceptors (Lipinski definition) is 2. The van der Waals surface area contributed by atoms with Gasteiger partial charge in [-0.15, -0.1) is 0 Å². The standard InChI is InChI=1S/C17H28N2/c1-18(17-11-5-2-6-12-17)13-7-3-8-14-19-15-9-4-10-16-19/h2,5-6,11-12H,3-4,7-10,13-16H2,1H3. The molecule has 1 aliphatic heterocycles. The van der Waals surface area contributed by atoms with Gasteiger partial charge in [0.2, 0.25) is 0 Å². The average molecular weight is 260 g/mol. The van der Waals surface area contributed by atoms with Crippen LogP contribution in [0.4, 0.5) is 5.69 Å². The van der Waals surface area contributed by atoms with Crippen LogP contribution >= 0.6 is 0 Å². The number of para-hydroxylation sites is 1. The first-order valence-corrected chi connectivity index (χ1v) is 7.85. The highest BCUT2D eigenvalue weighted by atomic mass is 15.1. The smallest absolute Gasteiger partial charge is 0.0363 e. The van der Waals surface area contributed by atoms with E-state index in [9.17, 15) is 0 Å². The molecule has 106 valence electrons. The third-order valence-electron chi connectivity index (χ3n) is 4.11. The summed E-state index contributed by atoms with van der Waals surface area (Å²) in [5, 5.41) is 0. The number of anilines is 1. The lowest BCUT2D eigenvalue weighted by Gasteiger charge is -2.26. The van der Waals surface area contributed by atoms with Gasteiger partial charge in [-0.05, 0) is 57.5 Å². The highest BCUT2D eigenvalue weighted by Crippen LogP contribution is 2.13. The molecule has 1 aromatic rings. The van der Waals surface area contributed by atoms with Gasteiger partial charge in [-0.25, -0.2) is 0 Å². The van der Waals surface area contributed by atoms with Crippen molar-refractivity contribution in [2.45, 2.75) is 38.5 Å². The number of nitrogens with zero attached hydrogens (tertiary/aromatic N) is 2. The number of piperidine rings is 1. The lowest BCUT2D eigenvalue weighted by Crippen LogP contribution is -2.30. The highest BCUT2D eigenvalue weighted by Gasteiger charge is 2.08. The molecule has 0 unspecified atom stereocenters. The van der Waals surface area contributed by atoms with Gasteiger partial charge in [-0.1, -0.05) is 31.0 Å². The molecule has 2 heteroatoms. The molecule has 0 amide bonds. The minimum Gasteiger partial charge on any atom is -0.375 e. The Morgan fingerprint density at radius 2 is 1.68 bits per heavy atom. The number of likely N-dealkylation sites (tertiary alicyclic amines) is 1. The van der Waals surface area contributed by atoms with Crippen molar-refractivity contribution in [3.05, 3.63) is 30.3 Å². The van der Waals surface area contributed by atoms with E-state index in [2.05, 4.69) is 47.2 Å². The third kappa shape index (κ3) is 5.23. The fraction of sp³-hybridized carbons (Fsp3) is 0.647. The van der Waals surface area contributed by atoms with Gasteiger partial charge in [0.05, 0.1) is 0 Å². The van der Waals surface area contributed by atoms with Gasteiger partial charge in [0.15, 0.2) is 0 Å². The maximum Gasteiger partial charge on any atom is 0.0363 e. The summed E-state index contributed by atoms with van der Waals surface area (Å²) in [6.07, 6.45) is 8.29. The van der Waals surface area contributed by atoms with Gasteiger partial charge in [0.1, 0.15) is 0 Å². The highest BCUT2D eigenvalue weighted by molar-refractivity contribution is 5.44. The molecule has 0 bridgehead atoms. The second-order valence-electron chi connectivity index (χ2n) is 5.72. The molecule has 1 saturated heterocycles. The lowest BCUT2D eigenvalue weighted by atomic mass is 10.1. The Bertz CT molecular complexity index is 330. The van der Waals surface area contributed by atoms with Crippen molar-refractivity contribution >= 4 is 5.69 Å². The fourth-order valence-corrected chi connectivity index (χ4v) is 2.86. The van der Waals surface area contributed by atoms with Crippen molar-refractivity contribution in [1.29, 1.82) is 0 Å². The molecule has 1 heterocycles. The molecule has 2 nitrogen and oxygen atoms in total. The zero-order chi connectivity index (χ0) is 13.3. The summed E-state index contributed by atoms with van der Waals surface area (Å²) in [5.74, 6) is 0.